The van der Waals surface area contributed by atoms with Gasteiger partial charge < -0.3 is 15.2 Å². The maximum atomic E-state index is 12.2. The molecule has 2 aromatic rings. The van der Waals surface area contributed by atoms with Crippen molar-refractivity contribution in [3.63, 3.8) is 0 Å². The number of carbonyl (C=O) groups is 1. The first-order valence-corrected chi connectivity index (χ1v) is 6.70. The second-order valence-electron chi connectivity index (χ2n) is 4.73. The molecular formula is C15H19N3O2. The second kappa shape index (κ2) is 6.34. The Hall–Kier alpha value is -2.14. The Morgan fingerprint density at radius 1 is 1.30 bits per heavy atom. The Bertz CT molecular complexity index is 663. The van der Waals surface area contributed by atoms with Gasteiger partial charge in [-0.2, -0.15) is 0 Å². The lowest BCUT2D eigenvalue weighted by Crippen LogP contribution is -2.33. The summed E-state index contributed by atoms with van der Waals surface area (Å²) in [5, 5.41) is 4.08. The van der Waals surface area contributed by atoms with E-state index < -0.39 is 0 Å². The molecule has 0 atom stereocenters. The van der Waals surface area contributed by atoms with Gasteiger partial charge in [0.15, 0.2) is 0 Å². The molecule has 2 rings (SSSR count). The van der Waals surface area contributed by atoms with E-state index in [0.29, 0.717) is 22.9 Å². The van der Waals surface area contributed by atoms with Crippen LogP contribution in [0, 0.1) is 0 Å². The molecule has 20 heavy (non-hydrogen) atoms. The van der Waals surface area contributed by atoms with Crippen LogP contribution in [0.15, 0.2) is 35.3 Å². The van der Waals surface area contributed by atoms with Crippen LogP contribution in [0.3, 0.4) is 0 Å². The summed E-state index contributed by atoms with van der Waals surface area (Å²) in [6.45, 7) is 4.38. The molecule has 5 heteroatoms. The quantitative estimate of drug-likeness (QED) is 0.860. The van der Waals surface area contributed by atoms with E-state index in [2.05, 4.69) is 22.1 Å². The Kier molecular flexibility index (Phi) is 4.53. The topological polar surface area (TPSA) is 65.2 Å². The molecule has 2 N–H and O–H groups in total. The largest absolute Gasteiger partial charge is 0.351 e. The van der Waals surface area contributed by atoms with Crippen molar-refractivity contribution in [2.75, 3.05) is 26.7 Å². The zero-order chi connectivity index (χ0) is 14.5. The minimum atomic E-state index is -0.178. The highest BCUT2D eigenvalue weighted by Crippen LogP contribution is 2.13. The van der Waals surface area contributed by atoms with E-state index in [0.717, 1.165) is 13.1 Å². The average molecular weight is 273 g/mol. The molecule has 0 fully saturated rings. The molecule has 0 radical (unpaired) electrons. The van der Waals surface area contributed by atoms with Gasteiger partial charge in [0, 0.05) is 30.1 Å². The lowest BCUT2D eigenvalue weighted by atomic mass is 10.1. The number of amides is 1. The number of pyridine rings is 1. The van der Waals surface area contributed by atoms with E-state index in [1.165, 1.54) is 6.20 Å². The fourth-order valence-corrected chi connectivity index (χ4v) is 2.01. The maximum absolute atomic E-state index is 12.2. The second-order valence-corrected chi connectivity index (χ2v) is 4.73. The predicted octanol–water partition coefficient (Wildman–Crippen LogP) is 1.21. The third kappa shape index (κ3) is 3.05. The lowest BCUT2D eigenvalue weighted by molar-refractivity contribution is 0.0951. The number of hydrogen-bond acceptors (Lipinski definition) is 3. The molecule has 0 unspecified atom stereocenters. The summed E-state index contributed by atoms with van der Waals surface area (Å²) in [4.78, 5) is 28.6. The van der Waals surface area contributed by atoms with E-state index >= 15 is 0 Å². The minimum absolute atomic E-state index is 0.165. The summed E-state index contributed by atoms with van der Waals surface area (Å²) in [6, 6.07) is 7.12. The molecular weight excluding hydrogens is 254 g/mol. The van der Waals surface area contributed by atoms with Gasteiger partial charge in [-0.15, -0.1) is 0 Å². The van der Waals surface area contributed by atoms with Crippen LogP contribution in [0.25, 0.3) is 10.8 Å². The summed E-state index contributed by atoms with van der Waals surface area (Å²) in [6.07, 6.45) is 1.48. The molecule has 1 aromatic heterocycles. The Labute approximate surface area is 117 Å². The molecule has 0 aliphatic carbocycles. The average Bonchev–Trinajstić information content (AvgIpc) is 2.47. The maximum Gasteiger partial charge on any atom is 0.255 e. The van der Waals surface area contributed by atoms with Crippen LogP contribution in [0.2, 0.25) is 0 Å². The number of rotatable bonds is 5. The van der Waals surface area contributed by atoms with Crippen molar-refractivity contribution in [1.82, 2.24) is 15.2 Å². The molecule has 0 saturated carbocycles. The molecule has 0 aliphatic rings. The summed E-state index contributed by atoms with van der Waals surface area (Å²) < 4.78 is 0. The third-order valence-electron chi connectivity index (χ3n) is 3.37. The van der Waals surface area contributed by atoms with E-state index in [1.54, 1.807) is 18.2 Å². The van der Waals surface area contributed by atoms with E-state index in [1.807, 2.05) is 13.1 Å². The van der Waals surface area contributed by atoms with Crippen molar-refractivity contribution in [3.8, 4) is 0 Å². The standard InChI is InChI=1S/C15H19N3O2/c1-3-18(2)9-8-16-15(20)13-10-17-14(19)12-7-5-4-6-11(12)13/h4-7,10H,3,8-9H2,1-2H3,(H,16,20)(H,17,19). The van der Waals surface area contributed by atoms with Crippen LogP contribution in [0.4, 0.5) is 0 Å². The first kappa shape index (κ1) is 14.3. The van der Waals surface area contributed by atoms with Crippen LogP contribution >= 0.6 is 0 Å². The first-order valence-electron chi connectivity index (χ1n) is 6.70. The van der Waals surface area contributed by atoms with Crippen LogP contribution in [0.5, 0.6) is 0 Å². The van der Waals surface area contributed by atoms with Gasteiger partial charge >= 0.3 is 0 Å². The fourth-order valence-electron chi connectivity index (χ4n) is 2.01. The number of H-pyrrole nitrogens is 1. The van der Waals surface area contributed by atoms with Crippen LogP contribution in [-0.4, -0.2) is 42.5 Å². The van der Waals surface area contributed by atoms with Crippen molar-refractivity contribution in [3.05, 3.63) is 46.4 Å². The Morgan fingerprint density at radius 3 is 2.70 bits per heavy atom. The number of aromatic nitrogens is 1. The van der Waals surface area contributed by atoms with Gasteiger partial charge in [-0.05, 0) is 19.7 Å². The molecule has 106 valence electrons. The molecule has 5 nitrogen and oxygen atoms in total. The smallest absolute Gasteiger partial charge is 0.255 e. The summed E-state index contributed by atoms with van der Waals surface area (Å²) >= 11 is 0. The zero-order valence-electron chi connectivity index (χ0n) is 11.8. The summed E-state index contributed by atoms with van der Waals surface area (Å²) in [5.41, 5.74) is 0.321. The first-order chi connectivity index (χ1) is 9.63. The van der Waals surface area contributed by atoms with Gasteiger partial charge in [0.25, 0.3) is 11.5 Å². The molecule has 0 spiro atoms. The van der Waals surface area contributed by atoms with Gasteiger partial charge in [-0.1, -0.05) is 25.1 Å². The fraction of sp³-hybridized carbons (Fsp3) is 0.333. The van der Waals surface area contributed by atoms with Crippen LogP contribution < -0.4 is 10.9 Å². The van der Waals surface area contributed by atoms with Crippen LogP contribution in [0.1, 0.15) is 17.3 Å². The van der Waals surface area contributed by atoms with E-state index in [4.69, 9.17) is 0 Å². The molecule has 0 aliphatic heterocycles. The SMILES string of the molecule is CCN(C)CCNC(=O)c1c[nH]c(=O)c2ccccc12. The monoisotopic (exact) mass is 273 g/mol. The van der Waals surface area contributed by atoms with Crippen molar-refractivity contribution in [2.24, 2.45) is 0 Å². The predicted molar refractivity (Wildman–Crippen MR) is 80.1 cm³/mol. The number of aromatic amines is 1. The lowest BCUT2D eigenvalue weighted by Gasteiger charge is -2.14. The van der Waals surface area contributed by atoms with Gasteiger partial charge in [0.1, 0.15) is 0 Å². The Balaban J connectivity index is 2.19. The Morgan fingerprint density at radius 2 is 2.00 bits per heavy atom. The number of benzene rings is 1. The number of nitrogens with one attached hydrogen (secondary N) is 2. The minimum Gasteiger partial charge on any atom is -0.351 e. The van der Waals surface area contributed by atoms with Gasteiger partial charge in [0.05, 0.1) is 5.56 Å². The van der Waals surface area contributed by atoms with Crippen molar-refractivity contribution in [1.29, 1.82) is 0 Å². The summed E-state index contributed by atoms with van der Waals surface area (Å²) in [7, 11) is 2.00. The van der Waals surface area contributed by atoms with E-state index in [9.17, 15) is 9.59 Å². The van der Waals surface area contributed by atoms with Crippen molar-refractivity contribution >= 4 is 16.7 Å². The van der Waals surface area contributed by atoms with Crippen LogP contribution in [-0.2, 0) is 0 Å². The number of fused-ring (bicyclic) bond motifs is 1. The number of nitrogens with zero attached hydrogens (tertiary/aromatic N) is 1. The molecule has 1 amide bonds. The number of likely N-dealkylation sites (N-methyl/N-ethyl adjacent to an activating group) is 1. The van der Waals surface area contributed by atoms with Gasteiger partial charge in [-0.25, -0.2) is 0 Å². The highest BCUT2D eigenvalue weighted by molar-refractivity contribution is 6.06. The van der Waals surface area contributed by atoms with Crippen molar-refractivity contribution < 1.29 is 4.79 Å². The number of carbonyl (C=O) groups excluding carboxylic acids is 1. The third-order valence-corrected chi connectivity index (χ3v) is 3.37. The normalized spacial score (nSPS) is 10.9. The van der Waals surface area contributed by atoms with Gasteiger partial charge in [-0.3, -0.25) is 9.59 Å². The molecule has 0 saturated heterocycles. The highest BCUT2D eigenvalue weighted by atomic mass is 16.1. The molecule has 1 heterocycles. The molecule has 1 aromatic carbocycles. The van der Waals surface area contributed by atoms with E-state index in [-0.39, 0.29) is 11.5 Å². The van der Waals surface area contributed by atoms with Crippen molar-refractivity contribution in [2.45, 2.75) is 6.92 Å². The molecule has 0 bridgehead atoms. The zero-order valence-corrected chi connectivity index (χ0v) is 11.8. The number of hydrogen-bond donors (Lipinski definition) is 2. The highest BCUT2D eigenvalue weighted by Gasteiger charge is 2.11. The van der Waals surface area contributed by atoms with Gasteiger partial charge in [0.2, 0.25) is 0 Å². The summed E-state index contributed by atoms with van der Waals surface area (Å²) in [5.74, 6) is -0.165.